The highest BCUT2D eigenvalue weighted by atomic mass is 16.6. The molecule has 11 nitrogen and oxygen atoms in total. The highest BCUT2D eigenvalue weighted by molar-refractivity contribution is 5.85. The first-order chi connectivity index (χ1) is 20.2. The standard InChI is InChI=1S/C31H41N7O4/c1-22(2)23(3)42-30(39)35-31(4)7-9-37(10-8-31)28-6-5-24(19-33-28)27-17-26(21-38-29(27)25(18-32)20-34-38)41-16-13-36-11-14-40-15-12-36/h5-6,17,19-23H,7-16H2,1-4H3,(H,35,39). The predicted octanol–water partition coefficient (Wildman–Crippen LogP) is 4.11. The first-order valence-corrected chi connectivity index (χ1v) is 14.8. The largest absolute Gasteiger partial charge is 0.491 e. The Kier molecular flexibility index (Phi) is 9.14. The van der Waals surface area contributed by atoms with Crippen molar-refractivity contribution in [2.45, 2.75) is 52.2 Å². The van der Waals surface area contributed by atoms with Gasteiger partial charge in [0.1, 0.15) is 30.3 Å². The number of morpholine rings is 1. The van der Waals surface area contributed by atoms with Crippen LogP contribution in [0.4, 0.5) is 10.6 Å². The maximum absolute atomic E-state index is 12.4. The topological polar surface area (TPSA) is 117 Å². The molecule has 2 aliphatic heterocycles. The van der Waals surface area contributed by atoms with E-state index in [1.807, 2.05) is 51.4 Å². The highest BCUT2D eigenvalue weighted by Gasteiger charge is 2.33. The molecule has 11 heteroatoms. The molecule has 0 bridgehead atoms. The van der Waals surface area contributed by atoms with E-state index in [-0.39, 0.29) is 23.7 Å². The number of hydrogen-bond acceptors (Lipinski definition) is 9. The van der Waals surface area contributed by atoms with Crippen molar-refractivity contribution in [3.05, 3.63) is 42.4 Å². The fraction of sp³-hybridized carbons (Fsp3) is 0.548. The Balaban J connectivity index is 1.26. The summed E-state index contributed by atoms with van der Waals surface area (Å²) in [5.74, 6) is 1.83. The molecule has 5 rings (SSSR count). The molecule has 3 aromatic rings. The summed E-state index contributed by atoms with van der Waals surface area (Å²) in [4.78, 5) is 21.8. The molecule has 0 saturated carbocycles. The van der Waals surface area contributed by atoms with Gasteiger partial charge < -0.3 is 24.4 Å². The van der Waals surface area contributed by atoms with Crippen LogP contribution in [0.1, 0.15) is 46.1 Å². The van der Waals surface area contributed by atoms with Crippen LogP contribution in [0, 0.1) is 17.2 Å². The summed E-state index contributed by atoms with van der Waals surface area (Å²) in [6.07, 6.45) is 6.32. The quantitative estimate of drug-likeness (QED) is 0.402. The number of rotatable bonds is 9. The smallest absolute Gasteiger partial charge is 0.407 e. The number of ether oxygens (including phenoxy) is 3. The lowest BCUT2D eigenvalue weighted by atomic mass is 9.90. The summed E-state index contributed by atoms with van der Waals surface area (Å²) in [6, 6.07) is 8.26. The van der Waals surface area contributed by atoms with Crippen LogP contribution in [0.15, 0.2) is 36.8 Å². The molecule has 5 heterocycles. The number of piperidine rings is 1. The van der Waals surface area contributed by atoms with E-state index in [1.165, 1.54) is 0 Å². The summed E-state index contributed by atoms with van der Waals surface area (Å²) < 4.78 is 18.8. The molecule has 2 saturated heterocycles. The van der Waals surface area contributed by atoms with Crippen molar-refractivity contribution in [3.63, 3.8) is 0 Å². The fourth-order valence-electron chi connectivity index (χ4n) is 5.26. The Morgan fingerprint density at radius 3 is 2.60 bits per heavy atom. The molecule has 1 N–H and O–H groups in total. The van der Waals surface area contributed by atoms with Crippen molar-refractivity contribution in [2.24, 2.45) is 5.92 Å². The van der Waals surface area contributed by atoms with Crippen molar-refractivity contribution < 1.29 is 19.0 Å². The van der Waals surface area contributed by atoms with Crippen molar-refractivity contribution >= 4 is 17.4 Å². The number of nitrogens with zero attached hydrogens (tertiary/aromatic N) is 6. The predicted molar refractivity (Wildman–Crippen MR) is 160 cm³/mol. The third-order valence-corrected chi connectivity index (χ3v) is 8.37. The monoisotopic (exact) mass is 575 g/mol. The zero-order chi connectivity index (χ0) is 29.7. The maximum atomic E-state index is 12.4. The van der Waals surface area contributed by atoms with Crippen molar-refractivity contribution in [1.29, 1.82) is 5.26 Å². The van der Waals surface area contributed by atoms with Gasteiger partial charge in [-0.25, -0.2) is 14.3 Å². The van der Waals surface area contributed by atoms with Crippen LogP contribution in [-0.4, -0.2) is 89.8 Å². The first kappa shape index (κ1) is 29.6. The van der Waals surface area contributed by atoms with Gasteiger partial charge in [0, 0.05) is 55.6 Å². The summed E-state index contributed by atoms with van der Waals surface area (Å²) in [5, 5.41) is 17.2. The van der Waals surface area contributed by atoms with Crippen molar-refractivity contribution in [1.82, 2.24) is 24.8 Å². The Hall–Kier alpha value is -3.88. The minimum absolute atomic E-state index is 0.133. The molecule has 0 aliphatic carbocycles. The second kappa shape index (κ2) is 13.0. The molecule has 224 valence electrons. The number of pyridine rings is 2. The number of carbonyl (C=O) groups excluding carboxylic acids is 1. The Morgan fingerprint density at radius 2 is 1.93 bits per heavy atom. The normalized spacial score (nSPS) is 18.0. The van der Waals surface area contributed by atoms with E-state index in [0.29, 0.717) is 17.9 Å². The Labute approximate surface area is 247 Å². The first-order valence-electron chi connectivity index (χ1n) is 14.8. The second-order valence-corrected chi connectivity index (χ2v) is 11.8. The SMILES string of the molecule is CC(C)C(C)OC(=O)NC1(C)CCN(c2ccc(-c3cc(OCCN4CCOCC4)cn4ncc(C#N)c34)cn2)CC1. The third kappa shape index (κ3) is 6.94. The molecule has 1 atom stereocenters. The van der Waals surface area contributed by atoms with Gasteiger partial charge in [-0.15, -0.1) is 0 Å². The molecule has 0 aromatic carbocycles. The number of amides is 1. The fourth-order valence-corrected chi connectivity index (χ4v) is 5.26. The van der Waals surface area contributed by atoms with Gasteiger partial charge in [-0.1, -0.05) is 13.8 Å². The molecule has 2 aliphatic rings. The van der Waals surface area contributed by atoms with Crippen molar-refractivity contribution in [3.8, 4) is 22.9 Å². The number of fused-ring (bicyclic) bond motifs is 1. The molecule has 3 aromatic heterocycles. The number of nitriles is 1. The minimum Gasteiger partial charge on any atom is -0.491 e. The van der Waals surface area contributed by atoms with Crippen LogP contribution < -0.4 is 15.0 Å². The zero-order valence-electron chi connectivity index (χ0n) is 25.0. The zero-order valence-corrected chi connectivity index (χ0v) is 25.0. The summed E-state index contributed by atoms with van der Waals surface area (Å²) in [5.41, 5.74) is 2.62. The van der Waals surface area contributed by atoms with Gasteiger partial charge in [-0.3, -0.25) is 4.90 Å². The van der Waals surface area contributed by atoms with Crippen LogP contribution in [-0.2, 0) is 9.47 Å². The van der Waals surface area contributed by atoms with E-state index in [2.05, 4.69) is 33.2 Å². The Bertz CT molecular complexity index is 1400. The summed E-state index contributed by atoms with van der Waals surface area (Å²) >= 11 is 0. The number of hydrogen-bond donors (Lipinski definition) is 1. The molecule has 1 amide bonds. The maximum Gasteiger partial charge on any atom is 0.407 e. The van der Waals surface area contributed by atoms with Gasteiger partial charge in [-0.05, 0) is 50.8 Å². The van der Waals surface area contributed by atoms with E-state index in [9.17, 15) is 10.1 Å². The molecule has 1 unspecified atom stereocenters. The lowest BCUT2D eigenvalue weighted by Crippen LogP contribution is -2.54. The van der Waals surface area contributed by atoms with E-state index < -0.39 is 0 Å². The number of nitrogens with one attached hydrogen (secondary N) is 1. The van der Waals surface area contributed by atoms with Gasteiger partial charge in [0.05, 0.1) is 36.7 Å². The van der Waals surface area contributed by atoms with Gasteiger partial charge in [-0.2, -0.15) is 10.4 Å². The lowest BCUT2D eigenvalue weighted by Gasteiger charge is -2.40. The van der Waals surface area contributed by atoms with Gasteiger partial charge in [0.25, 0.3) is 0 Å². The second-order valence-electron chi connectivity index (χ2n) is 11.8. The minimum atomic E-state index is -0.357. The Morgan fingerprint density at radius 1 is 1.17 bits per heavy atom. The third-order valence-electron chi connectivity index (χ3n) is 8.37. The van der Waals surface area contributed by atoms with Gasteiger partial charge in [0.2, 0.25) is 0 Å². The van der Waals surface area contributed by atoms with E-state index in [0.717, 1.165) is 81.2 Å². The van der Waals surface area contributed by atoms with Crippen LogP contribution in [0.5, 0.6) is 5.75 Å². The average molecular weight is 576 g/mol. The number of carbonyl (C=O) groups is 1. The van der Waals surface area contributed by atoms with Crippen LogP contribution in [0.25, 0.3) is 16.6 Å². The van der Waals surface area contributed by atoms with E-state index in [4.69, 9.17) is 19.2 Å². The number of anilines is 1. The number of alkyl carbamates (subject to hydrolysis) is 1. The van der Waals surface area contributed by atoms with Crippen LogP contribution >= 0.6 is 0 Å². The average Bonchev–Trinajstić information content (AvgIpc) is 3.41. The highest BCUT2D eigenvalue weighted by Crippen LogP contribution is 2.32. The summed E-state index contributed by atoms with van der Waals surface area (Å²) in [6.45, 7) is 14.3. The molecular weight excluding hydrogens is 534 g/mol. The van der Waals surface area contributed by atoms with E-state index >= 15 is 0 Å². The van der Waals surface area contributed by atoms with Crippen LogP contribution in [0.3, 0.4) is 0 Å². The lowest BCUT2D eigenvalue weighted by molar-refractivity contribution is 0.0322. The van der Waals surface area contributed by atoms with Gasteiger partial charge in [0.15, 0.2) is 0 Å². The molecule has 42 heavy (non-hydrogen) atoms. The molecule has 2 fully saturated rings. The molecular formula is C31H41N7O4. The number of aromatic nitrogens is 3. The molecule has 0 radical (unpaired) electrons. The van der Waals surface area contributed by atoms with Crippen LogP contribution in [0.2, 0.25) is 0 Å². The summed E-state index contributed by atoms with van der Waals surface area (Å²) in [7, 11) is 0. The van der Waals surface area contributed by atoms with Gasteiger partial charge >= 0.3 is 6.09 Å². The van der Waals surface area contributed by atoms with E-state index in [1.54, 1.807) is 10.7 Å². The molecule has 0 spiro atoms. The van der Waals surface area contributed by atoms with Crippen molar-refractivity contribution in [2.75, 3.05) is 57.4 Å².